The third kappa shape index (κ3) is 7.08. The first-order valence-electron chi connectivity index (χ1n) is 9.11. The van der Waals surface area contributed by atoms with Gasteiger partial charge in [0.25, 0.3) is 5.91 Å². The van der Waals surface area contributed by atoms with E-state index in [4.69, 9.17) is 0 Å². The van der Waals surface area contributed by atoms with Crippen LogP contribution in [-0.2, 0) is 9.59 Å². The molecule has 0 aliphatic carbocycles. The average molecular weight is 400 g/mol. The van der Waals surface area contributed by atoms with E-state index in [1.165, 1.54) is 11.8 Å². The number of aryl methyl sites for hydroxylation is 1. The van der Waals surface area contributed by atoms with E-state index >= 15 is 0 Å². The van der Waals surface area contributed by atoms with Gasteiger partial charge in [0, 0.05) is 12.2 Å². The van der Waals surface area contributed by atoms with Crippen molar-refractivity contribution in [3.63, 3.8) is 0 Å². The van der Waals surface area contributed by atoms with Gasteiger partial charge in [-0.05, 0) is 43.2 Å². The summed E-state index contributed by atoms with van der Waals surface area (Å²) in [5.74, 6) is -0.360. The number of hydrogen-bond donors (Lipinski definition) is 3. The number of thioether (sulfide) groups is 1. The zero-order valence-corrected chi connectivity index (χ0v) is 16.9. The Hall–Kier alpha value is -2.80. The Bertz CT molecular complexity index is 839. The number of carbonyl (C=O) groups excluding carboxylic acids is 3. The van der Waals surface area contributed by atoms with E-state index in [0.29, 0.717) is 17.8 Å². The van der Waals surface area contributed by atoms with Gasteiger partial charge in [-0.15, -0.1) is 11.8 Å². The van der Waals surface area contributed by atoms with E-state index in [-0.39, 0.29) is 29.2 Å². The molecular formula is C21H25N3O3S. The van der Waals surface area contributed by atoms with Crippen molar-refractivity contribution in [2.75, 3.05) is 28.7 Å². The Morgan fingerprint density at radius 2 is 1.64 bits per heavy atom. The summed E-state index contributed by atoms with van der Waals surface area (Å²) in [7, 11) is 0. The second-order valence-electron chi connectivity index (χ2n) is 6.26. The van der Waals surface area contributed by atoms with Gasteiger partial charge in [0.05, 0.1) is 22.8 Å². The van der Waals surface area contributed by atoms with Crippen molar-refractivity contribution in [1.82, 2.24) is 5.32 Å². The van der Waals surface area contributed by atoms with Crippen molar-refractivity contribution in [3.8, 4) is 0 Å². The molecule has 2 rings (SSSR count). The lowest BCUT2D eigenvalue weighted by atomic mass is 10.1. The molecule has 148 valence electrons. The Balaban J connectivity index is 1.81. The van der Waals surface area contributed by atoms with E-state index in [9.17, 15) is 14.4 Å². The van der Waals surface area contributed by atoms with E-state index in [1.54, 1.807) is 24.3 Å². The van der Waals surface area contributed by atoms with E-state index in [2.05, 4.69) is 16.0 Å². The van der Waals surface area contributed by atoms with E-state index in [0.717, 1.165) is 17.7 Å². The normalized spacial score (nSPS) is 10.2. The molecule has 0 saturated heterocycles. The summed E-state index contributed by atoms with van der Waals surface area (Å²) >= 11 is 1.22. The number of nitrogens with one attached hydrogen (secondary N) is 3. The predicted molar refractivity (Wildman–Crippen MR) is 115 cm³/mol. The Kier molecular flexibility index (Phi) is 8.55. The van der Waals surface area contributed by atoms with Gasteiger partial charge in [-0.2, -0.15) is 0 Å². The number of amides is 3. The van der Waals surface area contributed by atoms with Crippen LogP contribution in [0.3, 0.4) is 0 Å². The largest absolute Gasteiger partial charge is 0.352 e. The fraction of sp³-hybridized carbons (Fsp3) is 0.286. The predicted octanol–water partition coefficient (Wildman–Crippen LogP) is 3.45. The van der Waals surface area contributed by atoms with Crippen molar-refractivity contribution in [2.24, 2.45) is 0 Å². The highest BCUT2D eigenvalue weighted by Crippen LogP contribution is 2.16. The molecule has 0 bridgehead atoms. The average Bonchev–Trinajstić information content (AvgIpc) is 2.66. The second kappa shape index (κ2) is 11.1. The molecule has 0 aromatic heterocycles. The Labute approximate surface area is 169 Å². The lowest BCUT2D eigenvalue weighted by molar-refractivity contribution is -0.114. The summed E-state index contributed by atoms with van der Waals surface area (Å²) in [6.45, 7) is 4.50. The molecular weight excluding hydrogens is 374 g/mol. The van der Waals surface area contributed by atoms with Crippen LogP contribution < -0.4 is 16.0 Å². The van der Waals surface area contributed by atoms with E-state index < -0.39 is 0 Å². The van der Waals surface area contributed by atoms with Gasteiger partial charge >= 0.3 is 0 Å². The van der Waals surface area contributed by atoms with Crippen molar-refractivity contribution in [1.29, 1.82) is 0 Å². The minimum absolute atomic E-state index is 0.117. The molecule has 6 nitrogen and oxygen atoms in total. The van der Waals surface area contributed by atoms with Crippen molar-refractivity contribution >= 4 is 40.9 Å². The van der Waals surface area contributed by atoms with Crippen LogP contribution in [0.25, 0.3) is 0 Å². The topological polar surface area (TPSA) is 87.3 Å². The van der Waals surface area contributed by atoms with Crippen molar-refractivity contribution in [3.05, 3.63) is 59.7 Å². The fourth-order valence-electron chi connectivity index (χ4n) is 2.47. The highest BCUT2D eigenvalue weighted by molar-refractivity contribution is 8.00. The molecule has 0 unspecified atom stereocenters. The molecule has 0 atom stereocenters. The highest BCUT2D eigenvalue weighted by atomic mass is 32.2. The number of para-hydroxylation sites is 1. The van der Waals surface area contributed by atoms with Crippen LogP contribution in [0, 0.1) is 6.92 Å². The van der Waals surface area contributed by atoms with Crippen LogP contribution >= 0.6 is 11.8 Å². The first-order chi connectivity index (χ1) is 13.5. The maximum Gasteiger partial charge on any atom is 0.253 e. The highest BCUT2D eigenvalue weighted by Gasteiger charge is 2.13. The Morgan fingerprint density at radius 1 is 0.929 bits per heavy atom. The first-order valence-corrected chi connectivity index (χ1v) is 10.3. The first kappa shape index (κ1) is 21.5. The summed E-state index contributed by atoms with van der Waals surface area (Å²) in [5.41, 5.74) is 2.69. The summed E-state index contributed by atoms with van der Waals surface area (Å²) in [6.07, 6.45) is 0.835. The molecule has 3 amide bonds. The minimum atomic E-state index is -0.260. The lowest BCUT2D eigenvalue weighted by Crippen LogP contribution is -2.26. The molecule has 0 saturated carbocycles. The zero-order chi connectivity index (χ0) is 20.4. The molecule has 0 radical (unpaired) electrons. The molecule has 0 spiro atoms. The van der Waals surface area contributed by atoms with Crippen molar-refractivity contribution < 1.29 is 14.4 Å². The molecule has 0 aliphatic heterocycles. The van der Waals surface area contributed by atoms with E-state index in [1.807, 2.05) is 38.1 Å². The number of carbonyl (C=O) groups is 3. The summed E-state index contributed by atoms with van der Waals surface area (Å²) in [5, 5.41) is 8.35. The third-order valence-electron chi connectivity index (χ3n) is 3.75. The maximum absolute atomic E-state index is 12.2. The maximum atomic E-state index is 12.2. The minimum Gasteiger partial charge on any atom is -0.352 e. The second-order valence-corrected chi connectivity index (χ2v) is 7.25. The standard InChI is InChI=1S/C21H25N3O3S/c1-3-11-22-21(27)17-9-4-5-10-18(17)24-20(26)14-28-13-19(25)23-16-8-6-7-15(2)12-16/h4-10,12H,3,11,13-14H2,1-2H3,(H,22,27)(H,23,25)(H,24,26). The molecule has 0 fully saturated rings. The fourth-order valence-corrected chi connectivity index (χ4v) is 3.08. The zero-order valence-electron chi connectivity index (χ0n) is 16.1. The van der Waals surface area contributed by atoms with Gasteiger partial charge in [-0.3, -0.25) is 14.4 Å². The molecule has 2 aromatic rings. The monoisotopic (exact) mass is 399 g/mol. The molecule has 3 N–H and O–H groups in total. The number of benzene rings is 2. The van der Waals surface area contributed by atoms with Crippen LogP contribution in [0.4, 0.5) is 11.4 Å². The molecule has 0 aliphatic rings. The summed E-state index contributed by atoms with van der Waals surface area (Å²) < 4.78 is 0. The van der Waals surface area contributed by atoms with Gasteiger partial charge in [0.2, 0.25) is 11.8 Å². The van der Waals surface area contributed by atoms with Crippen LogP contribution in [0.1, 0.15) is 29.3 Å². The van der Waals surface area contributed by atoms with Crippen LogP contribution in [0.2, 0.25) is 0 Å². The molecule has 2 aromatic carbocycles. The number of hydrogen-bond acceptors (Lipinski definition) is 4. The third-order valence-corrected chi connectivity index (χ3v) is 4.68. The number of rotatable bonds is 9. The van der Waals surface area contributed by atoms with Gasteiger partial charge in [0.1, 0.15) is 0 Å². The molecule has 28 heavy (non-hydrogen) atoms. The van der Waals surface area contributed by atoms with Crippen molar-refractivity contribution in [2.45, 2.75) is 20.3 Å². The van der Waals surface area contributed by atoms with Gasteiger partial charge < -0.3 is 16.0 Å². The SMILES string of the molecule is CCCNC(=O)c1ccccc1NC(=O)CSCC(=O)Nc1cccc(C)c1. The van der Waals surface area contributed by atoms with Gasteiger partial charge in [-0.25, -0.2) is 0 Å². The van der Waals surface area contributed by atoms with Crippen LogP contribution in [-0.4, -0.2) is 35.8 Å². The summed E-state index contributed by atoms with van der Waals surface area (Å²) in [6, 6.07) is 14.4. The van der Waals surface area contributed by atoms with Crippen LogP contribution in [0.5, 0.6) is 0 Å². The smallest absolute Gasteiger partial charge is 0.253 e. The lowest BCUT2D eigenvalue weighted by Gasteiger charge is -2.11. The Morgan fingerprint density at radius 3 is 2.36 bits per heavy atom. The quantitative estimate of drug-likeness (QED) is 0.603. The number of anilines is 2. The molecule has 7 heteroatoms. The van der Waals surface area contributed by atoms with Gasteiger partial charge in [-0.1, -0.05) is 31.2 Å². The molecule has 0 heterocycles. The van der Waals surface area contributed by atoms with Crippen LogP contribution in [0.15, 0.2) is 48.5 Å². The summed E-state index contributed by atoms with van der Waals surface area (Å²) in [4.78, 5) is 36.4. The van der Waals surface area contributed by atoms with Gasteiger partial charge in [0.15, 0.2) is 0 Å².